The highest BCUT2D eigenvalue weighted by atomic mass is 35.5. The second kappa shape index (κ2) is 8.51. The summed E-state index contributed by atoms with van der Waals surface area (Å²) in [6.07, 6.45) is 3.70. The van der Waals surface area contributed by atoms with Crippen LogP contribution in [0.15, 0.2) is 73.1 Å². The van der Waals surface area contributed by atoms with E-state index in [-0.39, 0.29) is 11.6 Å². The summed E-state index contributed by atoms with van der Waals surface area (Å²) in [5.74, 6) is 0.268. The molecule has 4 rings (SSSR count). The third kappa shape index (κ3) is 4.50. The molecule has 146 valence electrons. The van der Waals surface area contributed by atoms with Crippen molar-refractivity contribution < 1.29 is 4.79 Å². The van der Waals surface area contributed by atoms with Crippen molar-refractivity contribution in [2.75, 3.05) is 0 Å². The molecule has 0 unspecified atom stereocenters. The van der Waals surface area contributed by atoms with Crippen molar-refractivity contribution in [2.45, 2.75) is 13.1 Å². The van der Waals surface area contributed by atoms with Crippen molar-refractivity contribution in [3.05, 3.63) is 99.9 Å². The first kappa shape index (κ1) is 19.2. The average Bonchev–Trinajstić information content (AvgIpc) is 3.36. The molecule has 0 atom stereocenters. The van der Waals surface area contributed by atoms with E-state index < -0.39 is 0 Å². The molecular weight excluding hydrogens is 409 g/mol. The van der Waals surface area contributed by atoms with Gasteiger partial charge in [0.2, 0.25) is 0 Å². The number of carbonyl (C=O) groups excluding carboxylic acids is 1. The average molecular weight is 426 g/mol. The summed E-state index contributed by atoms with van der Waals surface area (Å²) in [4.78, 5) is 12.8. The molecular formula is C21H17Cl2N5O. The molecule has 2 heterocycles. The fourth-order valence-corrected chi connectivity index (χ4v) is 3.44. The largest absolute Gasteiger partial charge is 0.346 e. The molecule has 0 aliphatic heterocycles. The van der Waals surface area contributed by atoms with Crippen molar-refractivity contribution in [3.8, 4) is 5.82 Å². The second-order valence-corrected chi connectivity index (χ2v) is 7.33. The number of nitrogens with one attached hydrogen (secondary N) is 1. The molecule has 0 aliphatic carbocycles. The molecule has 0 radical (unpaired) electrons. The monoisotopic (exact) mass is 425 g/mol. The number of hydrogen-bond donors (Lipinski definition) is 1. The van der Waals surface area contributed by atoms with Crippen LogP contribution in [0.2, 0.25) is 10.0 Å². The highest BCUT2D eigenvalue weighted by Crippen LogP contribution is 2.17. The van der Waals surface area contributed by atoms with Gasteiger partial charge in [-0.1, -0.05) is 52.7 Å². The molecule has 8 heteroatoms. The SMILES string of the molecule is O=C(NCc1cccc(Cl)c1)c1nnn(Cc2cccc(Cl)c2)c1-n1cccc1. The van der Waals surface area contributed by atoms with Crippen LogP contribution in [-0.2, 0) is 13.1 Å². The first-order chi connectivity index (χ1) is 14.1. The maximum atomic E-state index is 12.8. The molecule has 0 aliphatic rings. The van der Waals surface area contributed by atoms with Crippen LogP contribution < -0.4 is 5.32 Å². The van der Waals surface area contributed by atoms with Gasteiger partial charge in [-0.3, -0.25) is 4.79 Å². The van der Waals surface area contributed by atoms with Gasteiger partial charge in [-0.2, -0.15) is 0 Å². The van der Waals surface area contributed by atoms with Crippen LogP contribution in [0.3, 0.4) is 0 Å². The van der Waals surface area contributed by atoms with Gasteiger partial charge in [0.15, 0.2) is 11.5 Å². The molecule has 2 aromatic heterocycles. The van der Waals surface area contributed by atoms with Crippen LogP contribution in [0.25, 0.3) is 5.82 Å². The van der Waals surface area contributed by atoms with Gasteiger partial charge < -0.3 is 9.88 Å². The molecule has 2 aromatic carbocycles. The fourth-order valence-electron chi connectivity index (χ4n) is 3.01. The van der Waals surface area contributed by atoms with Gasteiger partial charge in [0, 0.05) is 29.0 Å². The summed E-state index contributed by atoms with van der Waals surface area (Å²) in [5, 5.41) is 12.5. The number of halogens is 2. The minimum absolute atomic E-state index is 0.241. The van der Waals surface area contributed by atoms with E-state index >= 15 is 0 Å². The van der Waals surface area contributed by atoms with Crippen molar-refractivity contribution >= 4 is 29.1 Å². The number of aromatic nitrogens is 4. The lowest BCUT2D eigenvalue weighted by atomic mass is 10.2. The molecule has 0 bridgehead atoms. The van der Waals surface area contributed by atoms with Gasteiger partial charge >= 0.3 is 0 Å². The Balaban J connectivity index is 1.61. The van der Waals surface area contributed by atoms with Gasteiger partial charge in [-0.15, -0.1) is 5.10 Å². The first-order valence-corrected chi connectivity index (χ1v) is 9.69. The summed E-state index contributed by atoms with van der Waals surface area (Å²) in [5.41, 5.74) is 2.10. The minimum Gasteiger partial charge on any atom is -0.346 e. The zero-order chi connectivity index (χ0) is 20.2. The Morgan fingerprint density at radius 3 is 2.28 bits per heavy atom. The molecule has 0 fully saturated rings. The van der Waals surface area contributed by atoms with Crippen molar-refractivity contribution in [2.24, 2.45) is 0 Å². The maximum absolute atomic E-state index is 12.8. The Hall–Kier alpha value is -3.09. The zero-order valence-corrected chi connectivity index (χ0v) is 16.8. The molecule has 6 nitrogen and oxygen atoms in total. The lowest BCUT2D eigenvalue weighted by Crippen LogP contribution is -2.25. The number of amides is 1. The number of benzene rings is 2. The molecule has 29 heavy (non-hydrogen) atoms. The van der Waals surface area contributed by atoms with Crippen LogP contribution in [0.1, 0.15) is 21.6 Å². The van der Waals surface area contributed by atoms with Gasteiger partial charge in [-0.25, -0.2) is 4.68 Å². The van der Waals surface area contributed by atoms with E-state index in [0.717, 1.165) is 11.1 Å². The number of nitrogens with zero attached hydrogens (tertiary/aromatic N) is 4. The Morgan fingerprint density at radius 2 is 1.59 bits per heavy atom. The lowest BCUT2D eigenvalue weighted by molar-refractivity contribution is 0.0946. The van der Waals surface area contributed by atoms with Crippen LogP contribution in [0.5, 0.6) is 0 Å². The Labute approximate surface area is 177 Å². The summed E-state index contributed by atoms with van der Waals surface area (Å²) < 4.78 is 3.50. The zero-order valence-electron chi connectivity index (χ0n) is 15.3. The van der Waals surface area contributed by atoms with E-state index in [1.807, 2.05) is 71.6 Å². The van der Waals surface area contributed by atoms with Gasteiger partial charge in [0.05, 0.1) is 6.54 Å². The smallest absolute Gasteiger partial charge is 0.276 e. The molecule has 0 spiro atoms. The van der Waals surface area contributed by atoms with E-state index in [1.54, 1.807) is 10.7 Å². The molecule has 0 saturated carbocycles. The molecule has 1 amide bonds. The molecule has 0 saturated heterocycles. The van der Waals surface area contributed by atoms with E-state index in [1.165, 1.54) is 0 Å². The Kier molecular flexibility index (Phi) is 5.64. The Morgan fingerprint density at radius 1 is 0.931 bits per heavy atom. The van der Waals surface area contributed by atoms with Crippen molar-refractivity contribution in [1.82, 2.24) is 24.9 Å². The summed E-state index contributed by atoms with van der Waals surface area (Å²) in [7, 11) is 0. The van der Waals surface area contributed by atoms with Gasteiger partial charge in [-0.05, 0) is 47.5 Å². The van der Waals surface area contributed by atoms with Crippen LogP contribution in [0.4, 0.5) is 0 Å². The lowest BCUT2D eigenvalue weighted by Gasteiger charge is -2.10. The molecule has 4 aromatic rings. The van der Waals surface area contributed by atoms with Crippen LogP contribution in [0, 0.1) is 0 Å². The fraction of sp³-hybridized carbons (Fsp3) is 0.0952. The number of rotatable bonds is 6. The predicted octanol–water partition coefficient (Wildman–Crippen LogP) is 4.35. The van der Waals surface area contributed by atoms with Gasteiger partial charge in [0.25, 0.3) is 5.91 Å². The molecule has 1 N–H and O–H groups in total. The second-order valence-electron chi connectivity index (χ2n) is 6.45. The minimum atomic E-state index is -0.314. The summed E-state index contributed by atoms with van der Waals surface area (Å²) >= 11 is 12.1. The highest BCUT2D eigenvalue weighted by Gasteiger charge is 2.21. The van der Waals surface area contributed by atoms with E-state index in [0.29, 0.717) is 29.0 Å². The van der Waals surface area contributed by atoms with Gasteiger partial charge in [0.1, 0.15) is 0 Å². The quantitative estimate of drug-likeness (QED) is 0.499. The third-order valence-electron chi connectivity index (χ3n) is 4.34. The third-order valence-corrected chi connectivity index (χ3v) is 4.81. The summed E-state index contributed by atoms with van der Waals surface area (Å²) in [6.45, 7) is 0.772. The highest BCUT2D eigenvalue weighted by molar-refractivity contribution is 6.30. The van der Waals surface area contributed by atoms with Crippen LogP contribution in [-0.4, -0.2) is 25.5 Å². The predicted molar refractivity (Wildman–Crippen MR) is 113 cm³/mol. The van der Waals surface area contributed by atoms with E-state index in [2.05, 4.69) is 15.6 Å². The van der Waals surface area contributed by atoms with E-state index in [4.69, 9.17) is 23.2 Å². The first-order valence-electron chi connectivity index (χ1n) is 8.94. The normalized spacial score (nSPS) is 10.8. The number of hydrogen-bond acceptors (Lipinski definition) is 3. The standard InChI is InChI=1S/C21H17Cl2N5O/c22-17-7-3-5-15(11-17)13-24-20(29)19-21(27-9-1-2-10-27)28(26-25-19)14-16-6-4-8-18(23)12-16/h1-12H,13-14H2,(H,24,29). The van der Waals surface area contributed by atoms with Crippen molar-refractivity contribution in [1.29, 1.82) is 0 Å². The van der Waals surface area contributed by atoms with E-state index in [9.17, 15) is 4.79 Å². The summed E-state index contributed by atoms with van der Waals surface area (Å²) in [6, 6.07) is 18.6. The topological polar surface area (TPSA) is 64.7 Å². The van der Waals surface area contributed by atoms with Crippen molar-refractivity contribution in [3.63, 3.8) is 0 Å². The van der Waals surface area contributed by atoms with Crippen LogP contribution >= 0.6 is 23.2 Å². The number of carbonyl (C=O) groups is 1. The Bertz CT molecular complexity index is 1140. The maximum Gasteiger partial charge on any atom is 0.276 e.